The SMILES string of the molecule is C=Cc1cccc(C(C)(C)N)c1C.Cl. The minimum atomic E-state index is -0.275. The molecule has 0 heterocycles. The van der Waals surface area contributed by atoms with Crippen LogP contribution in [0.4, 0.5) is 0 Å². The van der Waals surface area contributed by atoms with Crippen LogP contribution in [-0.2, 0) is 5.54 Å². The summed E-state index contributed by atoms with van der Waals surface area (Å²) in [6, 6.07) is 6.15. The lowest BCUT2D eigenvalue weighted by molar-refractivity contribution is 0.550. The van der Waals surface area contributed by atoms with Gasteiger partial charge in [-0.3, -0.25) is 0 Å². The van der Waals surface area contributed by atoms with Gasteiger partial charge < -0.3 is 5.73 Å². The molecule has 78 valence electrons. The van der Waals surface area contributed by atoms with Gasteiger partial charge in [-0.1, -0.05) is 30.9 Å². The molecule has 0 atom stereocenters. The van der Waals surface area contributed by atoms with Gasteiger partial charge in [-0.25, -0.2) is 0 Å². The Morgan fingerprint density at radius 2 is 1.93 bits per heavy atom. The molecule has 0 radical (unpaired) electrons. The second-order valence-corrected chi connectivity index (χ2v) is 3.95. The van der Waals surface area contributed by atoms with Crippen LogP contribution in [-0.4, -0.2) is 0 Å². The quantitative estimate of drug-likeness (QED) is 0.799. The Morgan fingerprint density at radius 3 is 2.36 bits per heavy atom. The summed E-state index contributed by atoms with van der Waals surface area (Å²) in [5.41, 5.74) is 9.35. The standard InChI is InChI=1S/C12H17N.ClH/c1-5-10-7-6-8-11(9(10)2)12(3,4)13;/h5-8H,1,13H2,2-4H3;1H. The van der Waals surface area contributed by atoms with E-state index in [-0.39, 0.29) is 17.9 Å². The van der Waals surface area contributed by atoms with Gasteiger partial charge in [-0.15, -0.1) is 12.4 Å². The van der Waals surface area contributed by atoms with Crippen LogP contribution in [0.2, 0.25) is 0 Å². The molecule has 0 bridgehead atoms. The highest BCUT2D eigenvalue weighted by Crippen LogP contribution is 2.23. The number of nitrogens with two attached hydrogens (primary N) is 1. The first-order chi connectivity index (χ1) is 5.96. The lowest BCUT2D eigenvalue weighted by Crippen LogP contribution is -2.29. The zero-order chi connectivity index (χ0) is 10.1. The van der Waals surface area contributed by atoms with Crippen molar-refractivity contribution in [1.29, 1.82) is 0 Å². The summed E-state index contributed by atoms with van der Waals surface area (Å²) in [6.45, 7) is 9.89. The Hall–Kier alpha value is -0.790. The predicted octanol–water partition coefficient (Wildman–Crippen LogP) is 3.25. The van der Waals surface area contributed by atoms with Crippen molar-refractivity contribution in [3.63, 3.8) is 0 Å². The molecule has 0 aliphatic rings. The predicted molar refractivity (Wildman–Crippen MR) is 65.7 cm³/mol. The van der Waals surface area contributed by atoms with E-state index in [1.807, 2.05) is 26.0 Å². The maximum atomic E-state index is 6.05. The van der Waals surface area contributed by atoms with Crippen molar-refractivity contribution in [3.05, 3.63) is 41.5 Å². The van der Waals surface area contributed by atoms with E-state index in [4.69, 9.17) is 5.73 Å². The maximum absolute atomic E-state index is 6.05. The molecule has 0 fully saturated rings. The first-order valence-corrected chi connectivity index (χ1v) is 4.48. The molecule has 0 aliphatic heterocycles. The van der Waals surface area contributed by atoms with Gasteiger partial charge in [-0.2, -0.15) is 0 Å². The Labute approximate surface area is 92.4 Å². The largest absolute Gasteiger partial charge is 0.322 e. The van der Waals surface area contributed by atoms with Gasteiger partial charge in [0.1, 0.15) is 0 Å². The topological polar surface area (TPSA) is 26.0 Å². The fraction of sp³-hybridized carbons (Fsp3) is 0.333. The summed E-state index contributed by atoms with van der Waals surface area (Å²) in [7, 11) is 0. The third-order valence-electron chi connectivity index (χ3n) is 2.29. The van der Waals surface area contributed by atoms with Gasteiger partial charge >= 0.3 is 0 Å². The molecule has 1 nitrogen and oxygen atoms in total. The van der Waals surface area contributed by atoms with Gasteiger partial charge in [0.2, 0.25) is 0 Å². The highest BCUT2D eigenvalue weighted by atomic mass is 35.5. The van der Waals surface area contributed by atoms with Crippen LogP contribution >= 0.6 is 12.4 Å². The summed E-state index contributed by atoms with van der Waals surface area (Å²) in [5, 5.41) is 0. The van der Waals surface area contributed by atoms with E-state index >= 15 is 0 Å². The summed E-state index contributed by atoms with van der Waals surface area (Å²) in [4.78, 5) is 0. The Bertz CT molecular complexity index is 324. The van der Waals surface area contributed by atoms with Gasteiger partial charge in [-0.05, 0) is 37.5 Å². The minimum absolute atomic E-state index is 0. The molecular weight excluding hydrogens is 194 g/mol. The summed E-state index contributed by atoms with van der Waals surface area (Å²) in [6.07, 6.45) is 1.87. The molecule has 0 saturated heterocycles. The van der Waals surface area contributed by atoms with E-state index in [0.29, 0.717) is 0 Å². The lowest BCUT2D eigenvalue weighted by Gasteiger charge is -2.22. The lowest BCUT2D eigenvalue weighted by atomic mass is 9.89. The molecule has 0 aromatic heterocycles. The van der Waals surface area contributed by atoms with E-state index in [1.54, 1.807) is 0 Å². The molecule has 2 heteroatoms. The average Bonchev–Trinajstić information content (AvgIpc) is 2.02. The van der Waals surface area contributed by atoms with E-state index in [1.165, 1.54) is 11.1 Å². The Balaban J connectivity index is 0.00000169. The Morgan fingerprint density at radius 1 is 1.36 bits per heavy atom. The van der Waals surface area contributed by atoms with Gasteiger partial charge in [0, 0.05) is 5.54 Å². The summed E-state index contributed by atoms with van der Waals surface area (Å²) >= 11 is 0. The van der Waals surface area contributed by atoms with Crippen molar-refractivity contribution in [2.45, 2.75) is 26.3 Å². The Kier molecular flexibility index (Phi) is 4.37. The minimum Gasteiger partial charge on any atom is -0.322 e. The number of hydrogen-bond donors (Lipinski definition) is 1. The summed E-state index contributed by atoms with van der Waals surface area (Å²) < 4.78 is 0. The van der Waals surface area contributed by atoms with Crippen LogP contribution in [0.3, 0.4) is 0 Å². The molecule has 0 unspecified atom stereocenters. The zero-order valence-electron chi connectivity index (χ0n) is 9.00. The van der Waals surface area contributed by atoms with Gasteiger partial charge in [0.05, 0.1) is 0 Å². The molecule has 1 aromatic carbocycles. The second-order valence-electron chi connectivity index (χ2n) is 3.95. The molecular formula is C12H18ClN. The third kappa shape index (κ3) is 2.60. The molecule has 0 spiro atoms. The van der Waals surface area contributed by atoms with E-state index in [2.05, 4.69) is 25.6 Å². The first kappa shape index (κ1) is 13.2. The fourth-order valence-corrected chi connectivity index (χ4v) is 1.57. The second kappa shape index (κ2) is 4.63. The van der Waals surface area contributed by atoms with Crippen LogP contribution in [0.25, 0.3) is 6.08 Å². The van der Waals surface area contributed by atoms with Crippen molar-refractivity contribution in [2.75, 3.05) is 0 Å². The normalized spacial score (nSPS) is 10.6. The van der Waals surface area contributed by atoms with Crippen molar-refractivity contribution in [3.8, 4) is 0 Å². The van der Waals surface area contributed by atoms with Crippen LogP contribution in [0.5, 0.6) is 0 Å². The van der Waals surface area contributed by atoms with Crippen molar-refractivity contribution in [1.82, 2.24) is 0 Å². The highest BCUT2D eigenvalue weighted by Gasteiger charge is 2.16. The average molecular weight is 212 g/mol. The molecule has 2 N–H and O–H groups in total. The van der Waals surface area contributed by atoms with E-state index in [0.717, 1.165) is 5.56 Å². The monoisotopic (exact) mass is 211 g/mol. The molecule has 1 aromatic rings. The molecule has 0 saturated carbocycles. The smallest absolute Gasteiger partial charge is 0.0355 e. The van der Waals surface area contributed by atoms with Crippen LogP contribution in [0, 0.1) is 6.92 Å². The fourth-order valence-electron chi connectivity index (χ4n) is 1.57. The number of hydrogen-bond acceptors (Lipinski definition) is 1. The maximum Gasteiger partial charge on any atom is 0.0355 e. The van der Waals surface area contributed by atoms with E-state index < -0.39 is 0 Å². The third-order valence-corrected chi connectivity index (χ3v) is 2.29. The molecule has 0 amide bonds. The first-order valence-electron chi connectivity index (χ1n) is 4.48. The number of benzene rings is 1. The number of rotatable bonds is 2. The van der Waals surface area contributed by atoms with Crippen molar-refractivity contribution >= 4 is 18.5 Å². The molecule has 0 aliphatic carbocycles. The van der Waals surface area contributed by atoms with Crippen LogP contribution in [0.1, 0.15) is 30.5 Å². The summed E-state index contributed by atoms with van der Waals surface area (Å²) in [5.74, 6) is 0. The molecule has 1 rings (SSSR count). The van der Waals surface area contributed by atoms with Crippen LogP contribution < -0.4 is 5.73 Å². The number of halogens is 1. The van der Waals surface area contributed by atoms with Gasteiger partial charge in [0.15, 0.2) is 0 Å². The zero-order valence-corrected chi connectivity index (χ0v) is 9.82. The van der Waals surface area contributed by atoms with E-state index in [9.17, 15) is 0 Å². The van der Waals surface area contributed by atoms with Crippen LogP contribution in [0.15, 0.2) is 24.8 Å². The highest BCUT2D eigenvalue weighted by molar-refractivity contribution is 5.85. The van der Waals surface area contributed by atoms with Crippen molar-refractivity contribution < 1.29 is 0 Å². The van der Waals surface area contributed by atoms with Crippen molar-refractivity contribution in [2.24, 2.45) is 5.73 Å². The molecule has 14 heavy (non-hydrogen) atoms. The van der Waals surface area contributed by atoms with Gasteiger partial charge in [0.25, 0.3) is 0 Å².